The lowest BCUT2D eigenvalue weighted by molar-refractivity contribution is 0.171. The molecule has 0 bridgehead atoms. The van der Waals surface area contributed by atoms with Crippen molar-refractivity contribution in [3.05, 3.63) is 36.5 Å². The van der Waals surface area contributed by atoms with E-state index in [0.717, 1.165) is 18.8 Å². The maximum Gasteiger partial charge on any atom is 0.263 e. The third-order valence-corrected chi connectivity index (χ3v) is 5.07. The van der Waals surface area contributed by atoms with Crippen LogP contribution in [0.4, 0.5) is 11.5 Å². The van der Waals surface area contributed by atoms with E-state index in [1.807, 2.05) is 14.1 Å². The molecule has 1 aromatic heterocycles. The quantitative estimate of drug-likeness (QED) is 0.756. The summed E-state index contributed by atoms with van der Waals surface area (Å²) in [5.41, 5.74) is 0.828. The summed E-state index contributed by atoms with van der Waals surface area (Å²) in [7, 11) is 0.228. The molecule has 0 atom stereocenters. The van der Waals surface area contributed by atoms with Crippen molar-refractivity contribution in [1.82, 2.24) is 9.88 Å². The Hall–Kier alpha value is -2.52. The second-order valence-corrected chi connectivity index (χ2v) is 7.76. The summed E-state index contributed by atoms with van der Waals surface area (Å²) in [6, 6.07) is 7.92. The van der Waals surface area contributed by atoms with Gasteiger partial charge in [-0.2, -0.15) is 0 Å². The first kappa shape index (κ1) is 18.3. The number of fused-ring (bicyclic) bond motifs is 1. The Morgan fingerprint density at radius 2 is 1.88 bits per heavy atom. The van der Waals surface area contributed by atoms with Crippen LogP contribution in [0.2, 0.25) is 0 Å². The number of aromatic nitrogens is 1. The number of sulfonamides is 1. The molecule has 2 heterocycles. The molecule has 0 fully saturated rings. The van der Waals surface area contributed by atoms with E-state index in [-0.39, 0.29) is 10.7 Å². The predicted molar refractivity (Wildman–Crippen MR) is 99.5 cm³/mol. The van der Waals surface area contributed by atoms with Crippen molar-refractivity contribution in [2.45, 2.75) is 4.90 Å². The first-order valence-corrected chi connectivity index (χ1v) is 9.69. The minimum absolute atomic E-state index is 0.0942. The summed E-state index contributed by atoms with van der Waals surface area (Å²) in [6.07, 6.45) is 1.59. The maximum atomic E-state index is 12.6. The zero-order valence-corrected chi connectivity index (χ0v) is 15.5. The van der Waals surface area contributed by atoms with Crippen LogP contribution in [0.15, 0.2) is 41.4 Å². The van der Waals surface area contributed by atoms with Gasteiger partial charge in [-0.25, -0.2) is 13.4 Å². The molecule has 0 aliphatic carbocycles. The molecule has 1 aromatic carbocycles. The smallest absolute Gasteiger partial charge is 0.263 e. The van der Waals surface area contributed by atoms with Crippen LogP contribution in [-0.2, 0) is 10.0 Å². The average Bonchev–Trinajstić information content (AvgIpc) is 2.62. The van der Waals surface area contributed by atoms with Crippen LogP contribution >= 0.6 is 0 Å². The molecule has 0 radical (unpaired) electrons. The number of rotatable bonds is 7. The van der Waals surface area contributed by atoms with E-state index in [4.69, 9.17) is 9.47 Å². The van der Waals surface area contributed by atoms with Crippen molar-refractivity contribution in [2.75, 3.05) is 50.4 Å². The van der Waals surface area contributed by atoms with Crippen molar-refractivity contribution in [2.24, 2.45) is 0 Å². The zero-order chi connectivity index (χ0) is 18.6. The molecule has 0 saturated carbocycles. The van der Waals surface area contributed by atoms with Gasteiger partial charge in [0.1, 0.15) is 19.0 Å². The Morgan fingerprint density at radius 3 is 2.58 bits per heavy atom. The highest BCUT2D eigenvalue weighted by Crippen LogP contribution is 2.32. The van der Waals surface area contributed by atoms with E-state index in [2.05, 4.69) is 19.9 Å². The van der Waals surface area contributed by atoms with Gasteiger partial charge in [0.15, 0.2) is 11.5 Å². The molecule has 1 aliphatic rings. The van der Waals surface area contributed by atoms with Crippen LogP contribution in [-0.4, -0.2) is 58.7 Å². The Morgan fingerprint density at radius 1 is 1.12 bits per heavy atom. The molecule has 2 aromatic rings. The van der Waals surface area contributed by atoms with Gasteiger partial charge in [-0.05, 0) is 38.4 Å². The van der Waals surface area contributed by atoms with Crippen molar-refractivity contribution in [3.8, 4) is 11.5 Å². The van der Waals surface area contributed by atoms with Gasteiger partial charge in [0, 0.05) is 19.2 Å². The van der Waals surface area contributed by atoms with Crippen LogP contribution in [0, 0.1) is 0 Å². The summed E-state index contributed by atoms with van der Waals surface area (Å²) in [6.45, 7) is 2.51. The number of likely N-dealkylation sites (N-methyl/N-ethyl adjacent to an activating group) is 1. The molecule has 3 rings (SSSR count). The molecular formula is C17H22N4O4S. The highest BCUT2D eigenvalue weighted by atomic mass is 32.2. The fourth-order valence-electron chi connectivity index (χ4n) is 2.37. The van der Waals surface area contributed by atoms with Gasteiger partial charge < -0.3 is 19.7 Å². The standard InChI is InChI=1S/C17H22N4O4S/c1-21(2)8-7-18-13-3-6-17(19-12-13)20-26(22,23)14-4-5-15-16(11-14)25-10-9-24-15/h3-6,11-12,18H,7-10H2,1-2H3,(H,19,20). The van der Waals surface area contributed by atoms with Crippen LogP contribution in [0.5, 0.6) is 11.5 Å². The Balaban J connectivity index is 1.67. The zero-order valence-electron chi connectivity index (χ0n) is 14.7. The monoisotopic (exact) mass is 378 g/mol. The van der Waals surface area contributed by atoms with Gasteiger partial charge in [-0.1, -0.05) is 0 Å². The average molecular weight is 378 g/mol. The third kappa shape index (κ3) is 4.55. The molecule has 0 amide bonds. The van der Waals surface area contributed by atoms with Gasteiger partial charge in [0.2, 0.25) is 0 Å². The Bertz CT molecular complexity index is 854. The van der Waals surface area contributed by atoms with E-state index < -0.39 is 10.0 Å². The number of hydrogen-bond donors (Lipinski definition) is 2. The molecule has 0 saturated heterocycles. The number of nitrogens with zero attached hydrogens (tertiary/aromatic N) is 2. The van der Waals surface area contributed by atoms with Gasteiger partial charge in [0.05, 0.1) is 16.8 Å². The lowest BCUT2D eigenvalue weighted by Gasteiger charge is -2.19. The van der Waals surface area contributed by atoms with Crippen LogP contribution in [0.3, 0.4) is 0 Å². The van der Waals surface area contributed by atoms with E-state index in [1.54, 1.807) is 24.4 Å². The molecule has 8 nitrogen and oxygen atoms in total. The van der Waals surface area contributed by atoms with Crippen molar-refractivity contribution in [1.29, 1.82) is 0 Å². The molecule has 0 spiro atoms. The molecule has 0 unspecified atom stereocenters. The Kier molecular flexibility index (Phi) is 5.48. The summed E-state index contributed by atoms with van der Waals surface area (Å²) in [5, 5.41) is 3.22. The first-order valence-electron chi connectivity index (χ1n) is 8.21. The molecule has 9 heteroatoms. The molecule has 1 aliphatic heterocycles. The lowest BCUT2D eigenvalue weighted by Crippen LogP contribution is -2.20. The van der Waals surface area contributed by atoms with Gasteiger partial charge in [0.25, 0.3) is 10.0 Å². The summed E-state index contributed by atoms with van der Waals surface area (Å²) >= 11 is 0. The second kappa shape index (κ2) is 7.79. The molecule has 140 valence electrons. The number of ether oxygens (including phenoxy) is 2. The Labute approximate surface area is 153 Å². The number of benzene rings is 1. The fraction of sp³-hybridized carbons (Fsp3) is 0.353. The van der Waals surface area contributed by atoms with Gasteiger partial charge in [-0.3, -0.25) is 4.72 Å². The van der Waals surface area contributed by atoms with Gasteiger partial charge in [-0.15, -0.1) is 0 Å². The van der Waals surface area contributed by atoms with Crippen LogP contribution in [0.1, 0.15) is 0 Å². The van der Waals surface area contributed by atoms with Gasteiger partial charge >= 0.3 is 0 Å². The van der Waals surface area contributed by atoms with E-state index >= 15 is 0 Å². The van der Waals surface area contributed by atoms with Crippen molar-refractivity contribution in [3.63, 3.8) is 0 Å². The maximum absolute atomic E-state index is 12.6. The molecular weight excluding hydrogens is 356 g/mol. The lowest BCUT2D eigenvalue weighted by atomic mass is 10.3. The number of hydrogen-bond acceptors (Lipinski definition) is 7. The van der Waals surface area contributed by atoms with E-state index in [0.29, 0.717) is 24.7 Å². The number of anilines is 2. The predicted octanol–water partition coefficient (Wildman–Crippen LogP) is 1.63. The molecule has 2 N–H and O–H groups in total. The number of nitrogens with one attached hydrogen (secondary N) is 2. The SMILES string of the molecule is CN(C)CCNc1ccc(NS(=O)(=O)c2ccc3c(c2)OCCO3)nc1. The first-order chi connectivity index (χ1) is 12.4. The topological polar surface area (TPSA) is 92.8 Å². The summed E-state index contributed by atoms with van der Waals surface area (Å²) in [5.74, 6) is 1.21. The summed E-state index contributed by atoms with van der Waals surface area (Å²) in [4.78, 5) is 6.31. The van der Waals surface area contributed by atoms with E-state index in [1.165, 1.54) is 12.1 Å². The minimum atomic E-state index is -3.76. The fourth-order valence-corrected chi connectivity index (χ4v) is 3.39. The summed E-state index contributed by atoms with van der Waals surface area (Å²) < 4.78 is 38.4. The van der Waals surface area contributed by atoms with E-state index in [9.17, 15) is 8.42 Å². The van der Waals surface area contributed by atoms with Crippen molar-refractivity contribution >= 4 is 21.5 Å². The highest BCUT2D eigenvalue weighted by Gasteiger charge is 2.19. The van der Waals surface area contributed by atoms with Crippen LogP contribution in [0.25, 0.3) is 0 Å². The minimum Gasteiger partial charge on any atom is -0.486 e. The highest BCUT2D eigenvalue weighted by molar-refractivity contribution is 7.92. The van der Waals surface area contributed by atoms with Crippen LogP contribution < -0.4 is 19.5 Å². The second-order valence-electron chi connectivity index (χ2n) is 6.07. The number of pyridine rings is 1. The van der Waals surface area contributed by atoms with Crippen molar-refractivity contribution < 1.29 is 17.9 Å². The molecule has 26 heavy (non-hydrogen) atoms. The largest absolute Gasteiger partial charge is 0.486 e. The third-order valence-electron chi connectivity index (χ3n) is 3.71. The normalized spacial score (nSPS) is 13.5.